The third kappa shape index (κ3) is 2.69. The summed E-state index contributed by atoms with van der Waals surface area (Å²) in [5.41, 5.74) is -0.0290. The first-order valence-corrected chi connectivity index (χ1v) is 7.36. The molecular formula is C14H26N2O2. The van der Waals surface area contributed by atoms with Crippen LogP contribution in [0.3, 0.4) is 0 Å². The number of nitrogens with zero attached hydrogens (tertiary/aromatic N) is 1. The smallest absolute Gasteiger partial charge is 0.307 e. The van der Waals surface area contributed by atoms with Gasteiger partial charge in [-0.05, 0) is 45.7 Å². The number of esters is 1. The highest BCUT2D eigenvalue weighted by atomic mass is 16.5. The van der Waals surface area contributed by atoms with E-state index in [0.29, 0.717) is 19.1 Å². The Morgan fingerprint density at radius 1 is 1.44 bits per heavy atom. The second-order valence-corrected chi connectivity index (χ2v) is 5.51. The van der Waals surface area contributed by atoms with Crippen LogP contribution >= 0.6 is 0 Å². The van der Waals surface area contributed by atoms with Gasteiger partial charge < -0.3 is 10.1 Å². The van der Waals surface area contributed by atoms with Crippen molar-refractivity contribution in [2.45, 2.75) is 57.5 Å². The van der Waals surface area contributed by atoms with Gasteiger partial charge in [-0.15, -0.1) is 0 Å². The Morgan fingerprint density at radius 2 is 2.28 bits per heavy atom. The van der Waals surface area contributed by atoms with E-state index in [4.69, 9.17) is 4.74 Å². The maximum absolute atomic E-state index is 11.9. The summed E-state index contributed by atoms with van der Waals surface area (Å²) >= 11 is 0. The molecule has 104 valence electrons. The van der Waals surface area contributed by atoms with Gasteiger partial charge in [0.2, 0.25) is 0 Å². The Kier molecular flexibility index (Phi) is 4.62. The second-order valence-electron chi connectivity index (χ2n) is 5.51. The third-order valence-corrected chi connectivity index (χ3v) is 4.34. The van der Waals surface area contributed by atoms with E-state index in [1.165, 1.54) is 19.4 Å². The van der Waals surface area contributed by atoms with Crippen LogP contribution in [0.1, 0.15) is 46.0 Å². The lowest BCUT2D eigenvalue weighted by Gasteiger charge is -2.35. The summed E-state index contributed by atoms with van der Waals surface area (Å²) in [7, 11) is 0. The Bertz CT molecular complexity index is 296. The standard InChI is InChI=1S/C14H26N2O2/c1-3-8-15-14(11-13(17)18-4-2)7-10-16-9-5-6-12(14)16/h12,15H,3-11H2,1-2H3. The van der Waals surface area contributed by atoms with E-state index in [2.05, 4.69) is 17.1 Å². The molecule has 0 spiro atoms. The van der Waals surface area contributed by atoms with Crippen molar-refractivity contribution in [1.29, 1.82) is 0 Å². The predicted octanol–water partition coefficient (Wildman–Crippen LogP) is 1.55. The summed E-state index contributed by atoms with van der Waals surface area (Å²) in [4.78, 5) is 14.4. The molecule has 0 aromatic carbocycles. The zero-order valence-electron chi connectivity index (χ0n) is 11.7. The summed E-state index contributed by atoms with van der Waals surface area (Å²) in [6, 6.07) is 0.536. The van der Waals surface area contributed by atoms with Gasteiger partial charge in [-0.2, -0.15) is 0 Å². The molecule has 0 saturated carbocycles. The van der Waals surface area contributed by atoms with Gasteiger partial charge in [0.15, 0.2) is 0 Å². The van der Waals surface area contributed by atoms with Crippen LogP contribution in [-0.4, -0.2) is 48.7 Å². The lowest BCUT2D eigenvalue weighted by molar-refractivity contribution is -0.145. The van der Waals surface area contributed by atoms with Crippen molar-refractivity contribution in [2.75, 3.05) is 26.2 Å². The van der Waals surface area contributed by atoms with E-state index in [1.54, 1.807) is 0 Å². The molecule has 0 aliphatic carbocycles. The lowest BCUT2D eigenvalue weighted by atomic mass is 9.85. The van der Waals surface area contributed by atoms with Crippen molar-refractivity contribution in [3.63, 3.8) is 0 Å². The quantitative estimate of drug-likeness (QED) is 0.730. The van der Waals surface area contributed by atoms with Crippen LogP contribution in [0.15, 0.2) is 0 Å². The van der Waals surface area contributed by atoms with Crippen molar-refractivity contribution < 1.29 is 9.53 Å². The molecule has 0 radical (unpaired) electrons. The molecule has 2 fully saturated rings. The minimum atomic E-state index is -0.0464. The van der Waals surface area contributed by atoms with Crippen LogP contribution in [0.5, 0.6) is 0 Å². The second kappa shape index (κ2) is 6.02. The molecule has 2 atom stereocenters. The average Bonchev–Trinajstić information content (AvgIpc) is 2.92. The van der Waals surface area contributed by atoms with Gasteiger partial charge in [-0.25, -0.2) is 0 Å². The molecule has 2 heterocycles. The molecular weight excluding hydrogens is 228 g/mol. The lowest BCUT2D eigenvalue weighted by Crippen LogP contribution is -2.54. The molecule has 2 rings (SSSR count). The van der Waals surface area contributed by atoms with Crippen molar-refractivity contribution in [1.82, 2.24) is 10.2 Å². The highest BCUT2D eigenvalue weighted by Gasteiger charge is 2.49. The predicted molar refractivity (Wildman–Crippen MR) is 71.5 cm³/mol. The molecule has 0 aromatic rings. The first kappa shape index (κ1) is 13.8. The molecule has 2 aliphatic heterocycles. The summed E-state index contributed by atoms with van der Waals surface area (Å²) in [5, 5.41) is 3.66. The maximum Gasteiger partial charge on any atom is 0.307 e. The largest absolute Gasteiger partial charge is 0.466 e. The molecule has 0 aromatic heterocycles. The molecule has 1 N–H and O–H groups in total. The molecule has 0 bridgehead atoms. The van der Waals surface area contributed by atoms with Crippen molar-refractivity contribution in [3.8, 4) is 0 Å². The van der Waals surface area contributed by atoms with Crippen LogP contribution in [0.25, 0.3) is 0 Å². The molecule has 2 saturated heterocycles. The first-order valence-electron chi connectivity index (χ1n) is 7.36. The Balaban J connectivity index is 2.05. The van der Waals surface area contributed by atoms with Gasteiger partial charge >= 0.3 is 5.97 Å². The number of ether oxygens (including phenoxy) is 1. The topological polar surface area (TPSA) is 41.6 Å². The maximum atomic E-state index is 11.9. The number of nitrogens with one attached hydrogen (secondary N) is 1. The minimum absolute atomic E-state index is 0.0290. The van der Waals surface area contributed by atoms with Gasteiger partial charge in [-0.3, -0.25) is 9.69 Å². The van der Waals surface area contributed by atoms with Crippen molar-refractivity contribution >= 4 is 5.97 Å². The highest BCUT2D eigenvalue weighted by molar-refractivity contribution is 5.71. The number of carbonyl (C=O) groups is 1. The molecule has 2 unspecified atom stereocenters. The fraction of sp³-hybridized carbons (Fsp3) is 0.929. The van der Waals surface area contributed by atoms with Gasteiger partial charge in [0.25, 0.3) is 0 Å². The van der Waals surface area contributed by atoms with Crippen molar-refractivity contribution in [3.05, 3.63) is 0 Å². The zero-order valence-corrected chi connectivity index (χ0v) is 11.7. The fourth-order valence-electron chi connectivity index (χ4n) is 3.55. The highest BCUT2D eigenvalue weighted by Crippen LogP contribution is 2.38. The molecule has 4 nitrogen and oxygen atoms in total. The van der Waals surface area contributed by atoms with E-state index in [9.17, 15) is 4.79 Å². The Hall–Kier alpha value is -0.610. The minimum Gasteiger partial charge on any atom is -0.466 e. The summed E-state index contributed by atoms with van der Waals surface area (Å²) in [5.74, 6) is -0.0464. The van der Waals surface area contributed by atoms with Gasteiger partial charge in [-0.1, -0.05) is 6.92 Å². The zero-order chi connectivity index (χ0) is 13.0. The van der Waals surface area contributed by atoms with Gasteiger partial charge in [0.05, 0.1) is 13.0 Å². The Morgan fingerprint density at radius 3 is 3.00 bits per heavy atom. The van der Waals surface area contributed by atoms with E-state index >= 15 is 0 Å². The summed E-state index contributed by atoms with van der Waals surface area (Å²) < 4.78 is 5.16. The number of fused-ring (bicyclic) bond motifs is 1. The van der Waals surface area contributed by atoms with Crippen LogP contribution in [0, 0.1) is 0 Å². The van der Waals surface area contributed by atoms with Gasteiger partial charge in [0.1, 0.15) is 0 Å². The number of carbonyl (C=O) groups excluding carboxylic acids is 1. The van der Waals surface area contributed by atoms with Crippen LogP contribution < -0.4 is 5.32 Å². The monoisotopic (exact) mass is 254 g/mol. The molecule has 18 heavy (non-hydrogen) atoms. The summed E-state index contributed by atoms with van der Waals surface area (Å²) in [6.45, 7) is 7.84. The van der Waals surface area contributed by atoms with Crippen LogP contribution in [0.4, 0.5) is 0 Å². The normalized spacial score (nSPS) is 31.6. The SMILES string of the molecule is CCCNC1(CC(=O)OCC)CCN2CCCC21. The number of rotatable bonds is 6. The summed E-state index contributed by atoms with van der Waals surface area (Å²) in [6.07, 6.45) is 5.20. The average molecular weight is 254 g/mol. The fourth-order valence-corrected chi connectivity index (χ4v) is 3.55. The number of hydrogen-bond acceptors (Lipinski definition) is 4. The number of hydrogen-bond donors (Lipinski definition) is 1. The molecule has 2 aliphatic rings. The molecule has 4 heteroatoms. The van der Waals surface area contributed by atoms with E-state index in [1.807, 2.05) is 6.92 Å². The van der Waals surface area contributed by atoms with E-state index in [0.717, 1.165) is 25.9 Å². The van der Waals surface area contributed by atoms with Crippen molar-refractivity contribution in [2.24, 2.45) is 0 Å². The third-order valence-electron chi connectivity index (χ3n) is 4.34. The molecule has 0 amide bonds. The first-order chi connectivity index (χ1) is 8.72. The van der Waals surface area contributed by atoms with E-state index in [-0.39, 0.29) is 11.5 Å². The van der Waals surface area contributed by atoms with E-state index < -0.39 is 0 Å². The Labute approximate surface area is 110 Å². The van der Waals surface area contributed by atoms with Crippen LogP contribution in [0.2, 0.25) is 0 Å². The van der Waals surface area contributed by atoms with Crippen LogP contribution in [-0.2, 0) is 9.53 Å². The van der Waals surface area contributed by atoms with Gasteiger partial charge in [0, 0.05) is 18.1 Å².